The van der Waals surface area contributed by atoms with Gasteiger partial charge in [0.25, 0.3) is 0 Å². The minimum Gasteiger partial charge on any atom is -0.292 e. The lowest BCUT2D eigenvalue weighted by Gasteiger charge is -2.34. The van der Waals surface area contributed by atoms with Crippen LogP contribution in [-0.4, -0.2) is 47.3 Å². The number of aryl methyl sites for hydroxylation is 1. The second-order valence-electron chi connectivity index (χ2n) is 6.84. The summed E-state index contributed by atoms with van der Waals surface area (Å²) in [7, 11) is 0. The summed E-state index contributed by atoms with van der Waals surface area (Å²) in [5.74, 6) is 0.392. The first kappa shape index (κ1) is 17.1. The Balaban J connectivity index is 1.47. The summed E-state index contributed by atoms with van der Waals surface area (Å²) in [6.07, 6.45) is 4.52. The molecule has 2 aliphatic heterocycles. The van der Waals surface area contributed by atoms with Crippen LogP contribution < -0.4 is 0 Å². The van der Waals surface area contributed by atoms with Crippen LogP contribution in [0.1, 0.15) is 38.2 Å². The van der Waals surface area contributed by atoms with Gasteiger partial charge in [-0.1, -0.05) is 12.1 Å². The molecule has 0 N–H and O–H groups in total. The third-order valence-electron chi connectivity index (χ3n) is 5.38. The number of nitrogens with zero attached hydrogens (tertiary/aromatic N) is 2. The molecule has 24 heavy (non-hydrogen) atoms. The fourth-order valence-corrected chi connectivity index (χ4v) is 3.86. The molecule has 2 fully saturated rings. The second kappa shape index (κ2) is 7.43. The Bertz CT molecular complexity index is 594. The van der Waals surface area contributed by atoms with Crippen molar-refractivity contribution in [1.82, 2.24) is 9.80 Å². The quantitative estimate of drug-likeness (QED) is 0.778. The first-order valence-corrected chi connectivity index (χ1v) is 8.91. The molecule has 3 rings (SSSR count). The fraction of sp³-hybridized carbons (Fsp3) is 0.579. The summed E-state index contributed by atoms with van der Waals surface area (Å²) >= 11 is 0. The van der Waals surface area contributed by atoms with E-state index < -0.39 is 0 Å². The van der Waals surface area contributed by atoms with Crippen LogP contribution in [-0.2, 0) is 16.0 Å². The van der Waals surface area contributed by atoms with Crippen LogP contribution in [0.5, 0.6) is 0 Å². The molecule has 2 heterocycles. The van der Waals surface area contributed by atoms with Gasteiger partial charge in [0, 0.05) is 6.54 Å². The van der Waals surface area contributed by atoms with Crippen molar-refractivity contribution in [3.05, 3.63) is 35.6 Å². The number of rotatable bonds is 5. The summed E-state index contributed by atoms with van der Waals surface area (Å²) in [5.41, 5.74) is 1.17. The van der Waals surface area contributed by atoms with E-state index in [2.05, 4.69) is 4.90 Å². The highest BCUT2D eigenvalue weighted by molar-refractivity contribution is 6.05. The number of likely N-dealkylation sites (tertiary alicyclic amines) is 2. The van der Waals surface area contributed by atoms with Gasteiger partial charge in [0.2, 0.25) is 11.8 Å². The van der Waals surface area contributed by atoms with Crippen molar-refractivity contribution in [2.45, 2.75) is 45.1 Å². The van der Waals surface area contributed by atoms with Gasteiger partial charge in [-0.25, -0.2) is 4.39 Å². The van der Waals surface area contributed by atoms with E-state index in [0.717, 1.165) is 38.8 Å². The van der Waals surface area contributed by atoms with Gasteiger partial charge < -0.3 is 0 Å². The first-order valence-electron chi connectivity index (χ1n) is 8.91. The molecule has 2 aliphatic rings. The molecule has 1 atom stereocenters. The molecule has 0 spiro atoms. The van der Waals surface area contributed by atoms with Gasteiger partial charge in [-0.2, -0.15) is 0 Å². The van der Waals surface area contributed by atoms with Crippen LogP contribution >= 0.6 is 0 Å². The molecule has 0 radical (unpaired) electrons. The maximum Gasteiger partial charge on any atom is 0.247 e. The van der Waals surface area contributed by atoms with Crippen LogP contribution in [0.3, 0.4) is 0 Å². The van der Waals surface area contributed by atoms with E-state index in [1.54, 1.807) is 0 Å². The lowest BCUT2D eigenvalue weighted by atomic mass is 9.90. The number of halogens is 1. The molecule has 5 heteroatoms. The molecule has 2 saturated heterocycles. The zero-order valence-electron chi connectivity index (χ0n) is 14.2. The first-order chi connectivity index (χ1) is 11.6. The number of hydrogen-bond acceptors (Lipinski definition) is 3. The van der Waals surface area contributed by atoms with Crippen molar-refractivity contribution < 1.29 is 14.0 Å². The van der Waals surface area contributed by atoms with E-state index in [0.29, 0.717) is 18.9 Å². The number of piperidine rings is 1. The van der Waals surface area contributed by atoms with Crippen molar-refractivity contribution in [3.63, 3.8) is 0 Å². The maximum absolute atomic E-state index is 12.9. The van der Waals surface area contributed by atoms with E-state index in [-0.39, 0.29) is 23.7 Å². The number of imide groups is 1. The average molecular weight is 332 g/mol. The monoisotopic (exact) mass is 332 g/mol. The summed E-state index contributed by atoms with van der Waals surface area (Å²) in [4.78, 5) is 27.7. The molecule has 0 unspecified atom stereocenters. The molecule has 1 aromatic rings. The van der Waals surface area contributed by atoms with Gasteiger partial charge in [0.15, 0.2) is 0 Å². The summed E-state index contributed by atoms with van der Waals surface area (Å²) < 4.78 is 12.9. The Labute approximate surface area is 142 Å². The van der Waals surface area contributed by atoms with Gasteiger partial charge in [0.05, 0.1) is 12.5 Å². The largest absolute Gasteiger partial charge is 0.292 e. The molecule has 0 aliphatic carbocycles. The van der Waals surface area contributed by atoms with Crippen LogP contribution in [0, 0.1) is 11.7 Å². The zero-order valence-corrected chi connectivity index (χ0v) is 14.2. The Morgan fingerprint density at radius 2 is 1.79 bits per heavy atom. The van der Waals surface area contributed by atoms with Gasteiger partial charge in [-0.05, 0) is 69.3 Å². The molecule has 130 valence electrons. The third-order valence-corrected chi connectivity index (χ3v) is 5.38. The van der Waals surface area contributed by atoms with Crippen molar-refractivity contribution in [3.8, 4) is 0 Å². The Morgan fingerprint density at radius 1 is 1.12 bits per heavy atom. The summed E-state index contributed by atoms with van der Waals surface area (Å²) in [6, 6.07) is 6.50. The van der Waals surface area contributed by atoms with Crippen molar-refractivity contribution >= 4 is 11.8 Å². The lowest BCUT2D eigenvalue weighted by Crippen LogP contribution is -2.45. The highest BCUT2D eigenvalue weighted by Gasteiger charge is 2.41. The van der Waals surface area contributed by atoms with Crippen LogP contribution in [0.2, 0.25) is 0 Å². The normalized spacial score (nSPS) is 23.2. The van der Waals surface area contributed by atoms with E-state index in [1.807, 2.05) is 19.1 Å². The van der Waals surface area contributed by atoms with Crippen LogP contribution in [0.4, 0.5) is 4.39 Å². The standard InChI is InChI=1S/C19H25FN2O2/c1-2-22-18(23)13-17(19(22)24)21-11-9-15(10-12-21)4-3-14-5-7-16(20)8-6-14/h5-8,15,17H,2-4,9-13H2,1H3/t17-/m0/s1. The lowest BCUT2D eigenvalue weighted by molar-refractivity contribution is -0.139. The smallest absolute Gasteiger partial charge is 0.247 e. The van der Waals surface area contributed by atoms with Gasteiger partial charge in [-0.15, -0.1) is 0 Å². The van der Waals surface area contributed by atoms with E-state index in [9.17, 15) is 14.0 Å². The van der Waals surface area contributed by atoms with Gasteiger partial charge in [0.1, 0.15) is 5.82 Å². The fourth-order valence-electron chi connectivity index (χ4n) is 3.86. The highest BCUT2D eigenvalue weighted by Crippen LogP contribution is 2.27. The molecule has 4 nitrogen and oxygen atoms in total. The molecule has 2 amide bonds. The average Bonchev–Trinajstić information content (AvgIpc) is 2.89. The molecular weight excluding hydrogens is 307 g/mol. The highest BCUT2D eigenvalue weighted by atomic mass is 19.1. The topological polar surface area (TPSA) is 40.6 Å². The number of hydrogen-bond donors (Lipinski definition) is 0. The number of likely N-dealkylation sites (N-methyl/N-ethyl adjacent to an activating group) is 1. The predicted molar refractivity (Wildman–Crippen MR) is 89.8 cm³/mol. The van der Waals surface area contributed by atoms with Gasteiger partial charge in [-0.3, -0.25) is 19.4 Å². The van der Waals surface area contributed by atoms with Crippen LogP contribution in [0.15, 0.2) is 24.3 Å². The number of carbonyl (C=O) groups is 2. The van der Waals surface area contributed by atoms with Crippen LogP contribution in [0.25, 0.3) is 0 Å². The number of amides is 2. The summed E-state index contributed by atoms with van der Waals surface area (Å²) in [6.45, 7) is 4.09. The molecule has 0 bridgehead atoms. The maximum atomic E-state index is 12.9. The predicted octanol–water partition coefficient (Wildman–Crippen LogP) is 2.62. The number of benzene rings is 1. The van der Waals surface area contributed by atoms with E-state index >= 15 is 0 Å². The molecule has 0 aromatic heterocycles. The van der Waals surface area contributed by atoms with Crippen molar-refractivity contribution in [2.75, 3.05) is 19.6 Å². The minimum absolute atomic E-state index is 0.0211. The van der Waals surface area contributed by atoms with Crippen molar-refractivity contribution in [2.24, 2.45) is 5.92 Å². The van der Waals surface area contributed by atoms with E-state index in [1.165, 1.54) is 22.6 Å². The molecular formula is C19H25FN2O2. The SMILES string of the molecule is CCN1C(=O)C[C@H](N2CCC(CCc3ccc(F)cc3)CC2)C1=O. The Kier molecular flexibility index (Phi) is 5.29. The van der Waals surface area contributed by atoms with Gasteiger partial charge >= 0.3 is 0 Å². The Morgan fingerprint density at radius 3 is 2.38 bits per heavy atom. The van der Waals surface area contributed by atoms with E-state index in [4.69, 9.17) is 0 Å². The molecule has 1 aromatic carbocycles. The zero-order chi connectivity index (χ0) is 17.1. The van der Waals surface area contributed by atoms with Crippen molar-refractivity contribution in [1.29, 1.82) is 0 Å². The minimum atomic E-state index is -0.240. The Hall–Kier alpha value is -1.75. The number of carbonyl (C=O) groups excluding carboxylic acids is 2. The summed E-state index contributed by atoms with van der Waals surface area (Å²) in [5, 5.41) is 0. The third kappa shape index (κ3) is 3.66. The second-order valence-corrected chi connectivity index (χ2v) is 6.84. The molecule has 0 saturated carbocycles.